The molecule has 0 spiro atoms. The number of hydrogen-bond acceptors (Lipinski definition) is 2. The van der Waals surface area contributed by atoms with Gasteiger partial charge in [-0.25, -0.2) is 0 Å². The molecule has 0 fully saturated rings. The summed E-state index contributed by atoms with van der Waals surface area (Å²) in [6.45, 7) is 0. The smallest absolute Gasteiger partial charge is 0.128 e. The molecule has 0 atom stereocenters. The molecule has 0 amide bonds. The molecule has 0 saturated heterocycles. The van der Waals surface area contributed by atoms with Gasteiger partial charge in [0.2, 0.25) is 0 Å². The van der Waals surface area contributed by atoms with Gasteiger partial charge in [0, 0.05) is 0 Å². The molecule has 74 valence electrons. The lowest BCUT2D eigenvalue weighted by molar-refractivity contribution is 0.958. The Morgan fingerprint density at radius 1 is 0.867 bits per heavy atom. The first-order valence-electron chi connectivity index (χ1n) is 4.35. The molecule has 1 N–H and O–H groups in total. The van der Waals surface area contributed by atoms with Crippen LogP contribution in [-0.2, 0) is 0 Å². The van der Waals surface area contributed by atoms with Crippen molar-refractivity contribution in [2.24, 2.45) is 0 Å². The molecular weight excluding hydrogens is 322 g/mol. The van der Waals surface area contributed by atoms with Crippen LogP contribution in [0.5, 0.6) is 0 Å². The van der Waals surface area contributed by atoms with Crippen LogP contribution in [0.3, 0.4) is 0 Å². The average Bonchev–Trinajstić information content (AvgIpc) is 2.75. The third-order valence-electron chi connectivity index (χ3n) is 2.36. The summed E-state index contributed by atoms with van der Waals surface area (Å²) >= 11 is 7.10. The molecule has 3 aromatic rings. The predicted molar refractivity (Wildman–Crippen MR) is 66.8 cm³/mol. The normalized spacial score (nSPS) is 11.3. The summed E-state index contributed by atoms with van der Waals surface area (Å²) in [7, 11) is 0. The number of benzene rings is 2. The number of H-pyrrole nitrogens is 1. The van der Waals surface area contributed by atoms with Crippen LogP contribution in [-0.4, -0.2) is 15.4 Å². The van der Waals surface area contributed by atoms with E-state index in [1.54, 1.807) is 0 Å². The molecule has 0 bridgehead atoms. The van der Waals surface area contributed by atoms with E-state index in [0.717, 1.165) is 30.8 Å². The van der Waals surface area contributed by atoms with Gasteiger partial charge in [0.15, 0.2) is 0 Å². The lowest BCUT2D eigenvalue weighted by Crippen LogP contribution is -1.80. The average molecular weight is 327 g/mol. The second-order valence-corrected chi connectivity index (χ2v) is 4.78. The molecule has 0 unspecified atom stereocenters. The standard InChI is InChI=1S/C10H5Br2N3/c11-7-5-3-1-2-4-6(5)8(12)10-9(7)13-15-14-10/h1-4H,(H,13,14,15). The summed E-state index contributed by atoms with van der Waals surface area (Å²) in [5.41, 5.74) is 1.70. The fourth-order valence-electron chi connectivity index (χ4n) is 1.66. The molecule has 0 aliphatic rings. The van der Waals surface area contributed by atoms with Crippen molar-refractivity contribution in [2.75, 3.05) is 0 Å². The van der Waals surface area contributed by atoms with Gasteiger partial charge in [-0.2, -0.15) is 15.4 Å². The molecule has 1 aromatic heterocycles. The monoisotopic (exact) mass is 325 g/mol. The third kappa shape index (κ3) is 1.23. The maximum atomic E-state index is 4.12. The van der Waals surface area contributed by atoms with Gasteiger partial charge < -0.3 is 0 Å². The molecule has 1 heterocycles. The number of halogens is 2. The fraction of sp³-hybridized carbons (Fsp3) is 0. The lowest BCUT2D eigenvalue weighted by Gasteiger charge is -2.03. The van der Waals surface area contributed by atoms with E-state index in [1.807, 2.05) is 12.1 Å². The molecule has 0 aliphatic carbocycles. The van der Waals surface area contributed by atoms with Gasteiger partial charge in [-0.05, 0) is 42.6 Å². The number of aromatic nitrogens is 3. The first-order chi connectivity index (χ1) is 7.29. The van der Waals surface area contributed by atoms with Crippen molar-refractivity contribution in [3.8, 4) is 0 Å². The van der Waals surface area contributed by atoms with E-state index >= 15 is 0 Å². The van der Waals surface area contributed by atoms with Crippen molar-refractivity contribution >= 4 is 53.7 Å². The molecule has 5 heteroatoms. The van der Waals surface area contributed by atoms with Crippen LogP contribution in [0.4, 0.5) is 0 Å². The van der Waals surface area contributed by atoms with E-state index < -0.39 is 0 Å². The Hall–Kier alpha value is -0.940. The minimum absolute atomic E-state index is 0.848. The van der Waals surface area contributed by atoms with E-state index in [9.17, 15) is 0 Å². The Balaban J connectivity index is 2.69. The first-order valence-corrected chi connectivity index (χ1v) is 5.94. The van der Waals surface area contributed by atoms with Gasteiger partial charge in [-0.3, -0.25) is 0 Å². The molecule has 15 heavy (non-hydrogen) atoms. The molecule has 0 radical (unpaired) electrons. The van der Waals surface area contributed by atoms with Crippen LogP contribution in [0.1, 0.15) is 0 Å². The first kappa shape index (κ1) is 9.30. The lowest BCUT2D eigenvalue weighted by atomic mass is 10.1. The quantitative estimate of drug-likeness (QED) is 0.685. The van der Waals surface area contributed by atoms with Crippen molar-refractivity contribution in [1.82, 2.24) is 15.4 Å². The number of hydrogen-bond donors (Lipinski definition) is 1. The highest BCUT2D eigenvalue weighted by Crippen LogP contribution is 2.36. The van der Waals surface area contributed by atoms with Gasteiger partial charge >= 0.3 is 0 Å². The molecule has 0 saturated carbocycles. The minimum Gasteiger partial charge on any atom is -0.197 e. The van der Waals surface area contributed by atoms with Gasteiger partial charge in [0.05, 0.1) is 8.95 Å². The zero-order valence-corrected chi connectivity index (χ0v) is 10.6. The largest absolute Gasteiger partial charge is 0.197 e. The van der Waals surface area contributed by atoms with Crippen molar-refractivity contribution in [1.29, 1.82) is 0 Å². The highest BCUT2D eigenvalue weighted by molar-refractivity contribution is 9.11. The van der Waals surface area contributed by atoms with E-state index in [2.05, 4.69) is 59.4 Å². The number of aromatic amines is 1. The zero-order valence-electron chi connectivity index (χ0n) is 7.46. The summed E-state index contributed by atoms with van der Waals surface area (Å²) in [5, 5.41) is 13.1. The number of nitrogens with one attached hydrogen (secondary N) is 1. The van der Waals surface area contributed by atoms with Crippen molar-refractivity contribution in [3.05, 3.63) is 33.2 Å². The minimum atomic E-state index is 0.848. The van der Waals surface area contributed by atoms with E-state index in [1.165, 1.54) is 0 Å². The van der Waals surface area contributed by atoms with Gasteiger partial charge in [-0.15, -0.1) is 0 Å². The second kappa shape index (κ2) is 3.28. The Labute approximate surface area is 102 Å². The van der Waals surface area contributed by atoms with Gasteiger partial charge in [0.1, 0.15) is 11.0 Å². The topological polar surface area (TPSA) is 41.6 Å². The van der Waals surface area contributed by atoms with E-state index in [4.69, 9.17) is 0 Å². The maximum absolute atomic E-state index is 4.12. The Morgan fingerprint density at radius 2 is 1.33 bits per heavy atom. The van der Waals surface area contributed by atoms with Crippen LogP contribution in [0.15, 0.2) is 33.2 Å². The van der Waals surface area contributed by atoms with Crippen LogP contribution < -0.4 is 0 Å². The Kier molecular flexibility index (Phi) is 2.03. The van der Waals surface area contributed by atoms with Crippen LogP contribution in [0, 0.1) is 0 Å². The predicted octanol–water partition coefficient (Wildman–Crippen LogP) is 3.64. The highest BCUT2D eigenvalue weighted by Gasteiger charge is 2.12. The molecule has 0 aliphatic heterocycles. The number of rotatable bonds is 0. The van der Waals surface area contributed by atoms with Crippen LogP contribution >= 0.6 is 31.9 Å². The van der Waals surface area contributed by atoms with Crippen LogP contribution in [0.2, 0.25) is 0 Å². The van der Waals surface area contributed by atoms with E-state index in [-0.39, 0.29) is 0 Å². The molecule has 2 aromatic carbocycles. The number of nitrogens with zero attached hydrogens (tertiary/aromatic N) is 2. The Bertz CT molecular complexity index is 605. The fourth-order valence-corrected chi connectivity index (χ4v) is 2.90. The molecule has 3 nitrogen and oxygen atoms in total. The highest BCUT2D eigenvalue weighted by atomic mass is 79.9. The number of fused-ring (bicyclic) bond motifs is 2. The van der Waals surface area contributed by atoms with E-state index in [0.29, 0.717) is 0 Å². The van der Waals surface area contributed by atoms with Crippen molar-refractivity contribution < 1.29 is 0 Å². The summed E-state index contributed by atoms with van der Waals surface area (Å²) < 4.78 is 1.95. The summed E-state index contributed by atoms with van der Waals surface area (Å²) in [6.07, 6.45) is 0. The zero-order chi connectivity index (χ0) is 10.4. The van der Waals surface area contributed by atoms with Crippen molar-refractivity contribution in [2.45, 2.75) is 0 Å². The van der Waals surface area contributed by atoms with Gasteiger partial charge in [-0.1, -0.05) is 24.3 Å². The summed E-state index contributed by atoms with van der Waals surface area (Å²) in [4.78, 5) is 0. The molecule has 3 rings (SSSR count). The van der Waals surface area contributed by atoms with Crippen molar-refractivity contribution in [3.63, 3.8) is 0 Å². The maximum Gasteiger partial charge on any atom is 0.128 e. The SMILES string of the molecule is Brc1c2ccccc2c(Br)c2n[nH]nc12. The van der Waals surface area contributed by atoms with Gasteiger partial charge in [0.25, 0.3) is 0 Å². The molecular formula is C10H5Br2N3. The second-order valence-electron chi connectivity index (χ2n) is 3.19. The summed E-state index contributed by atoms with van der Waals surface area (Å²) in [6, 6.07) is 8.12. The summed E-state index contributed by atoms with van der Waals surface area (Å²) in [5.74, 6) is 0. The van der Waals surface area contributed by atoms with Crippen LogP contribution in [0.25, 0.3) is 21.8 Å². The third-order valence-corrected chi connectivity index (χ3v) is 3.97. The Morgan fingerprint density at radius 3 is 1.80 bits per heavy atom.